The molecular weight excluding hydrogens is 178 g/mol. The average molecular weight is 199 g/mol. The summed E-state index contributed by atoms with van der Waals surface area (Å²) in [7, 11) is 0. The molecule has 1 rings (SSSR count). The summed E-state index contributed by atoms with van der Waals surface area (Å²) in [5.41, 5.74) is 6.75. The second kappa shape index (κ2) is 6.17. The molecule has 1 aliphatic rings. The lowest BCUT2D eigenvalue weighted by Gasteiger charge is -2.22. The van der Waals surface area contributed by atoms with Gasteiger partial charge in [0.15, 0.2) is 6.29 Å². The van der Waals surface area contributed by atoms with Crippen LogP contribution in [0.25, 0.3) is 0 Å². The summed E-state index contributed by atoms with van der Waals surface area (Å²) < 4.78 is 5.30. The van der Waals surface area contributed by atoms with Gasteiger partial charge in [-0.2, -0.15) is 0 Å². The van der Waals surface area contributed by atoms with Crippen LogP contribution in [0.2, 0.25) is 0 Å². The second-order valence-corrected chi connectivity index (χ2v) is 3.89. The maximum atomic E-state index is 9.66. The minimum absolute atomic E-state index is 0.265. The van der Waals surface area contributed by atoms with Gasteiger partial charge in [0.25, 0.3) is 0 Å². The molecule has 0 aromatic rings. The summed E-state index contributed by atoms with van der Waals surface area (Å²) in [6.07, 6.45) is 6.11. The van der Waals surface area contributed by atoms with E-state index < -0.39 is 6.29 Å². The summed E-state index contributed by atoms with van der Waals surface area (Å²) in [6, 6.07) is 0.265. The molecule has 2 unspecified atom stereocenters. The SMILES string of the molecule is CCCCOC(O)C1=CCC(N)CC1. The molecule has 0 amide bonds. The third-order valence-electron chi connectivity index (χ3n) is 2.58. The van der Waals surface area contributed by atoms with E-state index in [9.17, 15) is 5.11 Å². The molecule has 0 aromatic heterocycles. The Morgan fingerprint density at radius 1 is 1.71 bits per heavy atom. The second-order valence-electron chi connectivity index (χ2n) is 3.89. The van der Waals surface area contributed by atoms with Crippen molar-refractivity contribution in [1.82, 2.24) is 0 Å². The molecule has 0 radical (unpaired) electrons. The molecule has 0 saturated carbocycles. The highest BCUT2D eigenvalue weighted by Crippen LogP contribution is 2.20. The fourth-order valence-electron chi connectivity index (χ4n) is 1.55. The number of ether oxygens (including phenoxy) is 1. The normalized spacial score (nSPS) is 24.5. The number of hydrogen-bond donors (Lipinski definition) is 2. The Morgan fingerprint density at radius 3 is 3.07 bits per heavy atom. The van der Waals surface area contributed by atoms with Gasteiger partial charge in [0.05, 0.1) is 6.61 Å². The Kier molecular flexibility index (Phi) is 5.15. The van der Waals surface area contributed by atoms with Crippen LogP contribution in [-0.4, -0.2) is 24.0 Å². The molecule has 0 spiro atoms. The van der Waals surface area contributed by atoms with E-state index >= 15 is 0 Å². The Labute approximate surface area is 85.9 Å². The van der Waals surface area contributed by atoms with E-state index in [1.54, 1.807) is 0 Å². The van der Waals surface area contributed by atoms with E-state index in [0.717, 1.165) is 37.7 Å². The van der Waals surface area contributed by atoms with Crippen LogP contribution in [0, 0.1) is 0 Å². The topological polar surface area (TPSA) is 55.5 Å². The Balaban J connectivity index is 2.26. The van der Waals surface area contributed by atoms with Gasteiger partial charge in [-0.15, -0.1) is 0 Å². The third-order valence-corrected chi connectivity index (χ3v) is 2.58. The Morgan fingerprint density at radius 2 is 2.50 bits per heavy atom. The van der Waals surface area contributed by atoms with Crippen molar-refractivity contribution < 1.29 is 9.84 Å². The van der Waals surface area contributed by atoms with E-state index in [4.69, 9.17) is 10.5 Å². The third kappa shape index (κ3) is 3.78. The van der Waals surface area contributed by atoms with Crippen molar-refractivity contribution in [2.75, 3.05) is 6.61 Å². The van der Waals surface area contributed by atoms with Crippen LogP contribution in [0.1, 0.15) is 39.0 Å². The largest absolute Gasteiger partial charge is 0.364 e. The van der Waals surface area contributed by atoms with E-state index in [2.05, 4.69) is 6.92 Å². The summed E-state index contributed by atoms with van der Waals surface area (Å²) in [5.74, 6) is 0. The summed E-state index contributed by atoms with van der Waals surface area (Å²) >= 11 is 0. The van der Waals surface area contributed by atoms with Crippen molar-refractivity contribution in [3.05, 3.63) is 11.6 Å². The standard InChI is InChI=1S/C11H21NO2/c1-2-3-8-14-11(13)9-4-6-10(12)7-5-9/h4,10-11,13H,2-3,5-8,12H2,1H3. The van der Waals surface area contributed by atoms with Gasteiger partial charge in [-0.05, 0) is 31.3 Å². The van der Waals surface area contributed by atoms with Crippen LogP contribution in [0.5, 0.6) is 0 Å². The summed E-state index contributed by atoms with van der Waals surface area (Å²) in [6.45, 7) is 2.75. The monoisotopic (exact) mass is 199 g/mol. The predicted molar refractivity (Wildman–Crippen MR) is 56.8 cm³/mol. The van der Waals surface area contributed by atoms with Crippen molar-refractivity contribution in [3.8, 4) is 0 Å². The maximum Gasteiger partial charge on any atom is 0.177 e. The van der Waals surface area contributed by atoms with Gasteiger partial charge in [-0.3, -0.25) is 0 Å². The van der Waals surface area contributed by atoms with Gasteiger partial charge in [-0.25, -0.2) is 0 Å². The molecule has 0 saturated heterocycles. The number of aliphatic hydroxyl groups is 1. The first-order valence-corrected chi connectivity index (χ1v) is 5.48. The summed E-state index contributed by atoms with van der Waals surface area (Å²) in [4.78, 5) is 0. The van der Waals surface area contributed by atoms with Gasteiger partial charge in [-0.1, -0.05) is 19.4 Å². The molecule has 3 nitrogen and oxygen atoms in total. The molecule has 0 fully saturated rings. The van der Waals surface area contributed by atoms with Gasteiger partial charge in [0, 0.05) is 6.04 Å². The van der Waals surface area contributed by atoms with Gasteiger partial charge >= 0.3 is 0 Å². The lowest BCUT2D eigenvalue weighted by molar-refractivity contribution is -0.0756. The predicted octanol–water partition coefficient (Wildman–Crippen LogP) is 1.56. The lowest BCUT2D eigenvalue weighted by Crippen LogP contribution is -2.26. The zero-order valence-corrected chi connectivity index (χ0v) is 8.91. The number of nitrogens with two attached hydrogens (primary N) is 1. The first-order valence-electron chi connectivity index (χ1n) is 5.48. The molecular formula is C11H21NO2. The van der Waals surface area contributed by atoms with Gasteiger partial charge in [0.2, 0.25) is 0 Å². The van der Waals surface area contributed by atoms with E-state index in [1.165, 1.54) is 0 Å². The van der Waals surface area contributed by atoms with E-state index in [-0.39, 0.29) is 6.04 Å². The van der Waals surface area contributed by atoms with Crippen LogP contribution in [0.3, 0.4) is 0 Å². The first kappa shape index (κ1) is 11.7. The lowest BCUT2D eigenvalue weighted by atomic mass is 9.95. The fourth-order valence-corrected chi connectivity index (χ4v) is 1.55. The van der Waals surface area contributed by atoms with Crippen LogP contribution < -0.4 is 5.73 Å². The molecule has 14 heavy (non-hydrogen) atoms. The quantitative estimate of drug-likeness (QED) is 0.401. The molecule has 0 bridgehead atoms. The Hall–Kier alpha value is -0.380. The number of rotatable bonds is 5. The molecule has 1 aliphatic carbocycles. The number of aliphatic hydroxyl groups excluding tert-OH is 1. The molecule has 3 N–H and O–H groups in total. The zero-order chi connectivity index (χ0) is 10.4. The van der Waals surface area contributed by atoms with E-state index in [0.29, 0.717) is 6.61 Å². The highest BCUT2D eigenvalue weighted by atomic mass is 16.6. The Bertz CT molecular complexity index is 192. The zero-order valence-electron chi connectivity index (χ0n) is 8.91. The summed E-state index contributed by atoms with van der Waals surface area (Å²) in [5, 5.41) is 9.66. The van der Waals surface area contributed by atoms with Crippen molar-refractivity contribution in [2.24, 2.45) is 5.73 Å². The average Bonchev–Trinajstić information content (AvgIpc) is 2.19. The molecule has 82 valence electrons. The van der Waals surface area contributed by atoms with Crippen LogP contribution >= 0.6 is 0 Å². The van der Waals surface area contributed by atoms with Gasteiger partial charge < -0.3 is 15.6 Å². The number of unbranched alkanes of at least 4 members (excludes halogenated alkanes) is 1. The fraction of sp³-hybridized carbons (Fsp3) is 0.818. The van der Waals surface area contributed by atoms with Gasteiger partial charge in [0.1, 0.15) is 0 Å². The smallest absolute Gasteiger partial charge is 0.177 e. The molecule has 3 heteroatoms. The highest BCUT2D eigenvalue weighted by molar-refractivity contribution is 5.09. The molecule has 0 aromatic carbocycles. The minimum atomic E-state index is -0.700. The van der Waals surface area contributed by atoms with E-state index in [1.807, 2.05) is 6.08 Å². The van der Waals surface area contributed by atoms with Crippen LogP contribution in [0.15, 0.2) is 11.6 Å². The van der Waals surface area contributed by atoms with Crippen molar-refractivity contribution in [2.45, 2.75) is 51.4 Å². The first-order chi connectivity index (χ1) is 6.74. The highest BCUT2D eigenvalue weighted by Gasteiger charge is 2.16. The van der Waals surface area contributed by atoms with Crippen LogP contribution in [0.4, 0.5) is 0 Å². The molecule has 0 heterocycles. The van der Waals surface area contributed by atoms with Crippen molar-refractivity contribution >= 4 is 0 Å². The minimum Gasteiger partial charge on any atom is -0.364 e. The van der Waals surface area contributed by atoms with Crippen molar-refractivity contribution in [3.63, 3.8) is 0 Å². The van der Waals surface area contributed by atoms with Crippen molar-refractivity contribution in [1.29, 1.82) is 0 Å². The molecule has 2 atom stereocenters. The number of hydrogen-bond acceptors (Lipinski definition) is 3. The maximum absolute atomic E-state index is 9.66. The molecule has 0 aliphatic heterocycles. The van der Waals surface area contributed by atoms with Crippen LogP contribution in [-0.2, 0) is 4.74 Å².